The van der Waals surface area contributed by atoms with Crippen molar-refractivity contribution in [2.24, 2.45) is 0 Å². The van der Waals surface area contributed by atoms with Crippen molar-refractivity contribution in [3.8, 4) is 5.75 Å². The summed E-state index contributed by atoms with van der Waals surface area (Å²) in [6.07, 6.45) is 3.41. The Bertz CT molecular complexity index is 691. The molecule has 2 aromatic rings. The molecule has 2 aromatic carbocycles. The van der Waals surface area contributed by atoms with Crippen LogP contribution >= 0.6 is 0 Å². The number of nitrogens with one attached hydrogen (secondary N) is 1. The third-order valence-electron chi connectivity index (χ3n) is 3.58. The number of carbonyl (C=O) groups excluding carboxylic acids is 1. The smallest absolute Gasteiger partial charge is 0.185 e. The molecular weight excluding hydrogens is 300 g/mol. The Kier molecular flexibility index (Phi) is 6.58. The van der Waals surface area contributed by atoms with Crippen LogP contribution in [-0.4, -0.2) is 45.0 Å². The van der Waals surface area contributed by atoms with Gasteiger partial charge in [0.1, 0.15) is 5.75 Å². The number of anilines is 1. The van der Waals surface area contributed by atoms with Gasteiger partial charge in [0.2, 0.25) is 0 Å². The molecule has 4 heteroatoms. The van der Waals surface area contributed by atoms with Crippen LogP contribution in [0.15, 0.2) is 54.6 Å². The molecular formula is C20H24N2O2. The van der Waals surface area contributed by atoms with E-state index in [1.807, 2.05) is 68.7 Å². The first-order valence-corrected chi connectivity index (χ1v) is 7.93. The van der Waals surface area contributed by atoms with Gasteiger partial charge in [0.05, 0.1) is 7.11 Å². The fourth-order valence-electron chi connectivity index (χ4n) is 2.19. The predicted molar refractivity (Wildman–Crippen MR) is 99.8 cm³/mol. The minimum absolute atomic E-state index is 0.0120. The van der Waals surface area contributed by atoms with Crippen molar-refractivity contribution in [2.75, 3.05) is 39.6 Å². The molecule has 0 amide bonds. The molecule has 0 saturated heterocycles. The molecule has 24 heavy (non-hydrogen) atoms. The first-order chi connectivity index (χ1) is 11.6. The lowest BCUT2D eigenvalue weighted by atomic mass is 10.1. The zero-order valence-corrected chi connectivity index (χ0v) is 14.5. The summed E-state index contributed by atoms with van der Waals surface area (Å²) in [4.78, 5) is 14.4. The summed E-state index contributed by atoms with van der Waals surface area (Å²) in [6, 6.07) is 15.2. The van der Waals surface area contributed by atoms with E-state index in [4.69, 9.17) is 4.74 Å². The number of hydrogen-bond donors (Lipinski definition) is 1. The SMILES string of the molecule is COc1ccc(C=CC(=O)c2cccc(NCCN(C)C)c2)cc1. The molecule has 0 atom stereocenters. The number of ketones is 1. The molecule has 2 rings (SSSR count). The Labute approximate surface area is 143 Å². The van der Waals surface area contributed by atoms with Crippen molar-refractivity contribution in [2.45, 2.75) is 0 Å². The lowest BCUT2D eigenvalue weighted by Gasteiger charge is -2.11. The second kappa shape index (κ2) is 8.89. The molecule has 0 saturated carbocycles. The van der Waals surface area contributed by atoms with Crippen LogP contribution in [0.4, 0.5) is 5.69 Å². The number of nitrogens with zero attached hydrogens (tertiary/aromatic N) is 1. The van der Waals surface area contributed by atoms with Crippen molar-refractivity contribution in [3.05, 3.63) is 65.7 Å². The normalized spacial score (nSPS) is 11.0. The first-order valence-electron chi connectivity index (χ1n) is 7.93. The number of benzene rings is 2. The van der Waals surface area contributed by atoms with E-state index in [-0.39, 0.29) is 5.78 Å². The quantitative estimate of drug-likeness (QED) is 0.595. The molecule has 0 aliphatic carbocycles. The summed E-state index contributed by atoms with van der Waals surface area (Å²) >= 11 is 0. The highest BCUT2D eigenvalue weighted by atomic mass is 16.5. The second-order valence-corrected chi connectivity index (χ2v) is 5.78. The zero-order valence-electron chi connectivity index (χ0n) is 14.5. The Morgan fingerprint density at radius 3 is 2.58 bits per heavy atom. The number of methoxy groups -OCH3 is 1. The maximum Gasteiger partial charge on any atom is 0.185 e. The summed E-state index contributed by atoms with van der Waals surface area (Å²) in [5, 5.41) is 3.33. The molecule has 0 radical (unpaired) electrons. The number of rotatable bonds is 8. The number of hydrogen-bond acceptors (Lipinski definition) is 4. The molecule has 0 aliphatic heterocycles. The van der Waals surface area contributed by atoms with Gasteiger partial charge in [-0.1, -0.05) is 30.3 Å². The highest BCUT2D eigenvalue weighted by molar-refractivity contribution is 6.07. The topological polar surface area (TPSA) is 41.6 Å². The van der Waals surface area contributed by atoms with Gasteiger partial charge >= 0.3 is 0 Å². The predicted octanol–water partition coefficient (Wildman–Crippen LogP) is 3.56. The van der Waals surface area contributed by atoms with E-state index in [1.165, 1.54) is 0 Å². The van der Waals surface area contributed by atoms with Crippen molar-refractivity contribution in [3.63, 3.8) is 0 Å². The molecule has 0 unspecified atom stereocenters. The number of allylic oxidation sites excluding steroid dienone is 1. The van der Waals surface area contributed by atoms with E-state index in [0.29, 0.717) is 5.56 Å². The summed E-state index contributed by atoms with van der Waals surface area (Å²) in [6.45, 7) is 1.78. The minimum Gasteiger partial charge on any atom is -0.497 e. The third-order valence-corrected chi connectivity index (χ3v) is 3.58. The van der Waals surface area contributed by atoms with Crippen molar-refractivity contribution < 1.29 is 9.53 Å². The maximum atomic E-state index is 12.3. The van der Waals surface area contributed by atoms with Gasteiger partial charge < -0.3 is 15.0 Å². The van der Waals surface area contributed by atoms with E-state index < -0.39 is 0 Å². The van der Waals surface area contributed by atoms with Crippen LogP contribution in [0.3, 0.4) is 0 Å². The average molecular weight is 324 g/mol. The third kappa shape index (κ3) is 5.56. The number of likely N-dealkylation sites (N-methyl/N-ethyl adjacent to an activating group) is 1. The fraction of sp³-hybridized carbons (Fsp3) is 0.250. The number of carbonyl (C=O) groups is 1. The van der Waals surface area contributed by atoms with Crippen LogP contribution in [0.25, 0.3) is 6.08 Å². The van der Waals surface area contributed by atoms with Crippen molar-refractivity contribution in [1.29, 1.82) is 0 Å². The van der Waals surface area contributed by atoms with Crippen LogP contribution in [0.2, 0.25) is 0 Å². The highest BCUT2D eigenvalue weighted by Gasteiger charge is 2.03. The minimum atomic E-state index is -0.0120. The van der Waals surface area contributed by atoms with E-state index in [0.717, 1.165) is 30.1 Å². The van der Waals surface area contributed by atoms with Gasteiger partial charge in [-0.15, -0.1) is 0 Å². The molecule has 0 fully saturated rings. The largest absolute Gasteiger partial charge is 0.497 e. The van der Waals surface area contributed by atoms with Gasteiger partial charge in [-0.2, -0.15) is 0 Å². The van der Waals surface area contributed by atoms with Gasteiger partial charge in [-0.3, -0.25) is 4.79 Å². The zero-order chi connectivity index (χ0) is 17.4. The van der Waals surface area contributed by atoms with E-state index in [9.17, 15) is 4.79 Å². The molecule has 4 nitrogen and oxygen atoms in total. The van der Waals surface area contributed by atoms with Crippen LogP contribution in [0.5, 0.6) is 5.75 Å². The monoisotopic (exact) mass is 324 g/mol. The van der Waals surface area contributed by atoms with Gasteiger partial charge in [0.25, 0.3) is 0 Å². The van der Waals surface area contributed by atoms with Gasteiger partial charge in [0.15, 0.2) is 5.78 Å². The lowest BCUT2D eigenvalue weighted by Crippen LogP contribution is -2.20. The first kappa shape index (κ1) is 17.8. The summed E-state index contributed by atoms with van der Waals surface area (Å²) in [7, 11) is 5.70. The van der Waals surface area contributed by atoms with Crippen molar-refractivity contribution >= 4 is 17.5 Å². The molecule has 0 bridgehead atoms. The van der Waals surface area contributed by atoms with Gasteiger partial charge in [0, 0.05) is 24.3 Å². The maximum absolute atomic E-state index is 12.3. The molecule has 126 valence electrons. The molecule has 0 spiro atoms. The Morgan fingerprint density at radius 2 is 1.92 bits per heavy atom. The average Bonchev–Trinajstić information content (AvgIpc) is 2.60. The Balaban J connectivity index is 1.99. The molecule has 0 aromatic heterocycles. The van der Waals surface area contributed by atoms with Gasteiger partial charge in [-0.25, -0.2) is 0 Å². The highest BCUT2D eigenvalue weighted by Crippen LogP contribution is 2.14. The van der Waals surface area contributed by atoms with Gasteiger partial charge in [-0.05, 0) is 50.0 Å². The van der Waals surface area contributed by atoms with E-state index >= 15 is 0 Å². The fourth-order valence-corrected chi connectivity index (χ4v) is 2.19. The summed E-state index contributed by atoms with van der Waals surface area (Å²) in [5.74, 6) is 0.789. The van der Waals surface area contributed by atoms with Crippen LogP contribution in [-0.2, 0) is 0 Å². The number of ether oxygens (including phenoxy) is 1. The molecule has 0 heterocycles. The summed E-state index contributed by atoms with van der Waals surface area (Å²) < 4.78 is 5.12. The van der Waals surface area contributed by atoms with Crippen LogP contribution in [0, 0.1) is 0 Å². The molecule has 1 N–H and O–H groups in total. The Morgan fingerprint density at radius 1 is 1.17 bits per heavy atom. The van der Waals surface area contributed by atoms with Crippen LogP contribution in [0.1, 0.15) is 15.9 Å². The summed E-state index contributed by atoms with van der Waals surface area (Å²) in [5.41, 5.74) is 2.60. The lowest BCUT2D eigenvalue weighted by molar-refractivity contribution is 0.104. The van der Waals surface area contributed by atoms with E-state index in [2.05, 4.69) is 10.2 Å². The van der Waals surface area contributed by atoms with Crippen molar-refractivity contribution in [1.82, 2.24) is 4.90 Å². The van der Waals surface area contributed by atoms with E-state index in [1.54, 1.807) is 13.2 Å². The van der Waals surface area contributed by atoms with Crippen LogP contribution < -0.4 is 10.1 Å². The second-order valence-electron chi connectivity index (χ2n) is 5.78. The Hall–Kier alpha value is -2.59. The molecule has 0 aliphatic rings. The standard InChI is InChI=1S/C20H24N2O2/c1-22(2)14-13-21-18-6-4-5-17(15-18)20(23)12-9-16-7-10-19(24-3)11-8-16/h4-12,15,21H,13-14H2,1-3H3.